The zero-order chi connectivity index (χ0) is 12.7. The molecule has 1 aliphatic rings. The lowest BCUT2D eigenvalue weighted by atomic mass is 9.99. The van der Waals surface area contributed by atoms with Crippen molar-refractivity contribution in [2.75, 3.05) is 19.6 Å². The summed E-state index contributed by atoms with van der Waals surface area (Å²) in [7, 11) is 0. The fourth-order valence-electron chi connectivity index (χ4n) is 3.30. The SMILES string of the molecule is CCCC(NCC)C(CC)N1CCC(CC)C1. The fourth-order valence-corrected chi connectivity index (χ4v) is 3.30. The average Bonchev–Trinajstić information content (AvgIpc) is 2.79. The third kappa shape index (κ3) is 4.26. The molecule has 3 unspecified atom stereocenters. The van der Waals surface area contributed by atoms with Crippen molar-refractivity contribution in [3.63, 3.8) is 0 Å². The topological polar surface area (TPSA) is 15.3 Å². The van der Waals surface area contributed by atoms with Crippen LogP contribution in [0.2, 0.25) is 0 Å². The van der Waals surface area contributed by atoms with E-state index in [0.717, 1.165) is 18.5 Å². The van der Waals surface area contributed by atoms with Crippen molar-refractivity contribution in [3.05, 3.63) is 0 Å². The lowest BCUT2D eigenvalue weighted by Gasteiger charge is -2.34. The summed E-state index contributed by atoms with van der Waals surface area (Å²) in [6.45, 7) is 13.0. The molecular formula is C15H32N2. The summed E-state index contributed by atoms with van der Waals surface area (Å²) in [5.41, 5.74) is 0. The van der Waals surface area contributed by atoms with Crippen LogP contribution in [0.15, 0.2) is 0 Å². The molecule has 0 aliphatic carbocycles. The van der Waals surface area contributed by atoms with Crippen molar-refractivity contribution in [2.24, 2.45) is 5.92 Å². The average molecular weight is 240 g/mol. The third-order valence-corrected chi connectivity index (χ3v) is 4.31. The third-order valence-electron chi connectivity index (χ3n) is 4.31. The Morgan fingerprint density at radius 1 is 1.24 bits per heavy atom. The minimum absolute atomic E-state index is 0.700. The Morgan fingerprint density at radius 2 is 2.00 bits per heavy atom. The van der Waals surface area contributed by atoms with Crippen LogP contribution in [-0.4, -0.2) is 36.6 Å². The van der Waals surface area contributed by atoms with Gasteiger partial charge in [-0.15, -0.1) is 0 Å². The molecular weight excluding hydrogens is 208 g/mol. The molecule has 0 bridgehead atoms. The van der Waals surface area contributed by atoms with E-state index in [-0.39, 0.29) is 0 Å². The second-order valence-corrected chi connectivity index (χ2v) is 5.49. The van der Waals surface area contributed by atoms with E-state index in [1.807, 2.05) is 0 Å². The van der Waals surface area contributed by atoms with E-state index >= 15 is 0 Å². The van der Waals surface area contributed by atoms with E-state index in [2.05, 4.69) is 37.9 Å². The molecule has 0 saturated carbocycles. The largest absolute Gasteiger partial charge is 0.313 e. The molecule has 0 aromatic carbocycles. The van der Waals surface area contributed by atoms with Crippen LogP contribution in [0.5, 0.6) is 0 Å². The first-order valence-electron chi connectivity index (χ1n) is 7.74. The lowest BCUT2D eigenvalue weighted by Crippen LogP contribution is -2.49. The Bertz CT molecular complexity index is 187. The Labute approximate surface area is 108 Å². The van der Waals surface area contributed by atoms with Crippen LogP contribution in [0.4, 0.5) is 0 Å². The Hall–Kier alpha value is -0.0800. The van der Waals surface area contributed by atoms with Crippen molar-refractivity contribution in [1.82, 2.24) is 10.2 Å². The van der Waals surface area contributed by atoms with Crippen LogP contribution in [0.25, 0.3) is 0 Å². The van der Waals surface area contributed by atoms with Crippen LogP contribution in [0, 0.1) is 5.92 Å². The van der Waals surface area contributed by atoms with Crippen molar-refractivity contribution in [1.29, 1.82) is 0 Å². The van der Waals surface area contributed by atoms with Crippen LogP contribution in [-0.2, 0) is 0 Å². The van der Waals surface area contributed by atoms with Gasteiger partial charge in [0.05, 0.1) is 0 Å². The lowest BCUT2D eigenvalue weighted by molar-refractivity contribution is 0.173. The van der Waals surface area contributed by atoms with Gasteiger partial charge in [0.2, 0.25) is 0 Å². The zero-order valence-corrected chi connectivity index (χ0v) is 12.3. The van der Waals surface area contributed by atoms with Crippen LogP contribution >= 0.6 is 0 Å². The Morgan fingerprint density at radius 3 is 2.47 bits per heavy atom. The Balaban J connectivity index is 2.55. The molecule has 0 spiro atoms. The molecule has 0 radical (unpaired) electrons. The van der Waals surface area contributed by atoms with Gasteiger partial charge in [-0.2, -0.15) is 0 Å². The number of rotatable bonds is 8. The maximum absolute atomic E-state index is 3.70. The summed E-state index contributed by atoms with van der Waals surface area (Å²) in [4.78, 5) is 2.75. The van der Waals surface area contributed by atoms with Crippen molar-refractivity contribution >= 4 is 0 Å². The van der Waals surface area contributed by atoms with Crippen molar-refractivity contribution in [3.8, 4) is 0 Å². The van der Waals surface area contributed by atoms with Gasteiger partial charge in [0.1, 0.15) is 0 Å². The van der Waals surface area contributed by atoms with Crippen LogP contribution < -0.4 is 5.32 Å². The fraction of sp³-hybridized carbons (Fsp3) is 1.00. The van der Waals surface area contributed by atoms with Gasteiger partial charge in [0, 0.05) is 18.6 Å². The van der Waals surface area contributed by atoms with Gasteiger partial charge in [0.15, 0.2) is 0 Å². The minimum Gasteiger partial charge on any atom is -0.313 e. The van der Waals surface area contributed by atoms with Gasteiger partial charge in [-0.3, -0.25) is 4.90 Å². The highest BCUT2D eigenvalue weighted by atomic mass is 15.2. The summed E-state index contributed by atoms with van der Waals surface area (Å²) in [5.74, 6) is 0.952. The molecule has 2 nitrogen and oxygen atoms in total. The molecule has 0 aromatic heterocycles. The molecule has 2 heteroatoms. The van der Waals surface area contributed by atoms with Crippen LogP contribution in [0.3, 0.4) is 0 Å². The molecule has 0 amide bonds. The summed E-state index contributed by atoms with van der Waals surface area (Å²) >= 11 is 0. The first kappa shape index (κ1) is 15.0. The summed E-state index contributed by atoms with van der Waals surface area (Å²) in [6.07, 6.45) is 6.66. The molecule has 1 N–H and O–H groups in total. The predicted molar refractivity (Wildman–Crippen MR) is 76.4 cm³/mol. The normalized spacial score (nSPS) is 25.1. The molecule has 1 heterocycles. The quantitative estimate of drug-likeness (QED) is 0.700. The maximum Gasteiger partial charge on any atom is 0.0246 e. The van der Waals surface area contributed by atoms with Gasteiger partial charge in [-0.1, -0.05) is 40.5 Å². The number of nitrogens with one attached hydrogen (secondary N) is 1. The molecule has 1 fully saturated rings. The van der Waals surface area contributed by atoms with E-state index in [9.17, 15) is 0 Å². The van der Waals surface area contributed by atoms with Gasteiger partial charge >= 0.3 is 0 Å². The number of hydrogen-bond acceptors (Lipinski definition) is 2. The second kappa shape index (κ2) is 8.10. The van der Waals surface area contributed by atoms with Crippen molar-refractivity contribution < 1.29 is 0 Å². The number of likely N-dealkylation sites (tertiary alicyclic amines) is 1. The van der Waals surface area contributed by atoms with E-state index < -0.39 is 0 Å². The molecule has 102 valence electrons. The molecule has 17 heavy (non-hydrogen) atoms. The maximum atomic E-state index is 3.70. The summed E-state index contributed by atoms with van der Waals surface area (Å²) in [6, 6.07) is 1.46. The number of nitrogens with zero attached hydrogens (tertiary/aromatic N) is 1. The van der Waals surface area contributed by atoms with E-state index in [1.165, 1.54) is 45.2 Å². The molecule has 1 aliphatic heterocycles. The first-order valence-corrected chi connectivity index (χ1v) is 7.74. The second-order valence-electron chi connectivity index (χ2n) is 5.49. The van der Waals surface area contributed by atoms with Gasteiger partial charge < -0.3 is 5.32 Å². The molecule has 1 saturated heterocycles. The summed E-state index contributed by atoms with van der Waals surface area (Å²) in [5, 5.41) is 3.70. The number of hydrogen-bond donors (Lipinski definition) is 1. The van der Waals surface area contributed by atoms with E-state index in [4.69, 9.17) is 0 Å². The highest BCUT2D eigenvalue weighted by Gasteiger charge is 2.30. The standard InChI is InChI=1S/C15H32N2/c1-5-9-14(16-8-4)15(7-3)17-11-10-13(6-2)12-17/h13-16H,5-12H2,1-4H3. The van der Waals surface area contributed by atoms with Crippen LogP contribution in [0.1, 0.15) is 59.8 Å². The van der Waals surface area contributed by atoms with Gasteiger partial charge in [-0.25, -0.2) is 0 Å². The molecule has 0 aromatic rings. The van der Waals surface area contributed by atoms with Gasteiger partial charge in [0.25, 0.3) is 0 Å². The highest BCUT2D eigenvalue weighted by molar-refractivity contribution is 4.87. The Kier molecular flexibility index (Phi) is 7.14. The molecule has 3 atom stereocenters. The monoisotopic (exact) mass is 240 g/mol. The molecule has 1 rings (SSSR count). The zero-order valence-electron chi connectivity index (χ0n) is 12.3. The van der Waals surface area contributed by atoms with Crippen molar-refractivity contribution in [2.45, 2.75) is 71.9 Å². The first-order chi connectivity index (χ1) is 8.26. The van der Waals surface area contributed by atoms with E-state index in [1.54, 1.807) is 0 Å². The predicted octanol–water partition coefficient (Wildman–Crippen LogP) is 3.28. The summed E-state index contributed by atoms with van der Waals surface area (Å²) < 4.78 is 0. The van der Waals surface area contributed by atoms with Gasteiger partial charge in [-0.05, 0) is 38.3 Å². The van der Waals surface area contributed by atoms with E-state index in [0.29, 0.717) is 6.04 Å². The highest BCUT2D eigenvalue weighted by Crippen LogP contribution is 2.24. The number of likely N-dealkylation sites (N-methyl/N-ethyl adjacent to an activating group) is 1. The smallest absolute Gasteiger partial charge is 0.0246 e. The minimum atomic E-state index is 0.700.